The van der Waals surface area contributed by atoms with Gasteiger partial charge in [0.15, 0.2) is 5.78 Å². The number of carbonyl (C=O) groups excluding carboxylic acids is 1. The van der Waals surface area contributed by atoms with Crippen molar-refractivity contribution in [3.63, 3.8) is 0 Å². The monoisotopic (exact) mass is 409 g/mol. The molecule has 3 aromatic rings. The highest BCUT2D eigenvalue weighted by Gasteiger charge is 2.35. The van der Waals surface area contributed by atoms with Crippen molar-refractivity contribution in [1.82, 2.24) is 14.3 Å². The van der Waals surface area contributed by atoms with Gasteiger partial charge in [0.1, 0.15) is 5.69 Å². The number of rotatable bonds is 4. The van der Waals surface area contributed by atoms with E-state index in [9.17, 15) is 4.79 Å². The molecule has 1 aromatic carbocycles. The van der Waals surface area contributed by atoms with E-state index in [2.05, 4.69) is 32.5 Å². The summed E-state index contributed by atoms with van der Waals surface area (Å²) in [6.45, 7) is 3.27. The van der Waals surface area contributed by atoms with Crippen molar-refractivity contribution in [3.8, 4) is 11.1 Å². The lowest BCUT2D eigenvalue weighted by Gasteiger charge is -2.44. The molecule has 0 spiro atoms. The predicted octanol–water partition coefficient (Wildman–Crippen LogP) is 3.97. The zero-order valence-corrected chi connectivity index (χ0v) is 16.8. The molecule has 0 aliphatic carbocycles. The number of benzene rings is 1. The molecule has 7 heteroatoms. The van der Waals surface area contributed by atoms with Gasteiger partial charge in [-0.05, 0) is 78.6 Å². The maximum Gasteiger partial charge on any atom is 0.290 e. The average Bonchev–Trinajstić information content (AvgIpc) is 3.19. The average molecular weight is 410 g/mol. The summed E-state index contributed by atoms with van der Waals surface area (Å²) >= 11 is 1.43. The first kappa shape index (κ1) is 19.7. The van der Waals surface area contributed by atoms with E-state index < -0.39 is 0 Å². The summed E-state index contributed by atoms with van der Waals surface area (Å²) in [7, 11) is 0. The second-order valence-corrected chi connectivity index (χ2v) is 8.41. The van der Waals surface area contributed by atoms with Crippen LogP contribution < -0.4 is 0 Å². The number of hydrogen-bond acceptors (Lipinski definition) is 6. The molecule has 0 radical (unpaired) electrons. The van der Waals surface area contributed by atoms with Crippen molar-refractivity contribution in [2.24, 2.45) is 11.8 Å². The number of carboxylic acid groups (broad SMARTS) is 1. The molecule has 1 N–H and O–H groups in total. The molecule has 1 atom stereocenters. The SMILES string of the molecule is O=C(C[C@@H]1CN2CCC1CC2)c1nsc2cc(-c3ccncc3)ccc12.O=CO. The van der Waals surface area contributed by atoms with Crippen LogP contribution in [0.25, 0.3) is 21.2 Å². The van der Waals surface area contributed by atoms with Crippen molar-refractivity contribution in [2.45, 2.75) is 19.3 Å². The van der Waals surface area contributed by atoms with Crippen molar-refractivity contribution in [2.75, 3.05) is 19.6 Å². The highest BCUT2D eigenvalue weighted by molar-refractivity contribution is 7.13. The Morgan fingerprint density at radius 3 is 2.55 bits per heavy atom. The Bertz CT molecular complexity index is 997. The van der Waals surface area contributed by atoms with E-state index in [0.29, 0.717) is 18.0 Å². The Morgan fingerprint density at radius 2 is 1.90 bits per heavy atom. The van der Waals surface area contributed by atoms with E-state index in [4.69, 9.17) is 9.90 Å². The summed E-state index contributed by atoms with van der Waals surface area (Å²) in [6, 6.07) is 10.3. The Labute approximate surface area is 173 Å². The fraction of sp³-hybridized carbons (Fsp3) is 0.364. The molecule has 2 bridgehead atoms. The third-order valence-corrected chi connectivity index (χ3v) is 6.80. The molecule has 2 aromatic heterocycles. The maximum atomic E-state index is 12.9. The first-order valence-electron chi connectivity index (χ1n) is 9.83. The van der Waals surface area contributed by atoms with Crippen molar-refractivity contribution >= 4 is 33.9 Å². The van der Waals surface area contributed by atoms with Gasteiger partial charge in [-0.25, -0.2) is 0 Å². The first-order chi connectivity index (χ1) is 14.2. The molecular formula is C22H23N3O3S. The maximum absolute atomic E-state index is 12.9. The van der Waals surface area contributed by atoms with Crippen LogP contribution in [0.2, 0.25) is 0 Å². The van der Waals surface area contributed by atoms with Gasteiger partial charge in [0.05, 0.1) is 4.70 Å². The molecule has 0 saturated carbocycles. The van der Waals surface area contributed by atoms with Crippen LogP contribution >= 0.6 is 11.5 Å². The highest BCUT2D eigenvalue weighted by Crippen LogP contribution is 2.36. The molecule has 3 saturated heterocycles. The molecule has 150 valence electrons. The molecule has 3 aliphatic heterocycles. The molecule has 3 aliphatic rings. The van der Waals surface area contributed by atoms with Crippen molar-refractivity contribution in [3.05, 3.63) is 48.4 Å². The summed E-state index contributed by atoms with van der Waals surface area (Å²) in [6.07, 6.45) is 6.76. The van der Waals surface area contributed by atoms with Crippen LogP contribution in [-0.2, 0) is 4.79 Å². The minimum absolute atomic E-state index is 0.215. The summed E-state index contributed by atoms with van der Waals surface area (Å²) in [5, 5.41) is 7.89. The van der Waals surface area contributed by atoms with E-state index in [0.717, 1.165) is 33.7 Å². The number of ketones is 1. The van der Waals surface area contributed by atoms with E-state index >= 15 is 0 Å². The van der Waals surface area contributed by atoms with Gasteiger partial charge in [-0.2, -0.15) is 4.37 Å². The van der Waals surface area contributed by atoms with Crippen LogP contribution in [0.5, 0.6) is 0 Å². The van der Waals surface area contributed by atoms with Crippen LogP contribution in [0.1, 0.15) is 29.8 Å². The lowest BCUT2D eigenvalue weighted by molar-refractivity contribution is -0.122. The van der Waals surface area contributed by atoms with Crippen LogP contribution in [0.4, 0.5) is 0 Å². The molecule has 6 nitrogen and oxygen atoms in total. The second kappa shape index (κ2) is 8.80. The van der Waals surface area contributed by atoms with Crippen LogP contribution in [-0.4, -0.2) is 51.3 Å². The third kappa shape index (κ3) is 4.21. The fourth-order valence-corrected chi connectivity index (χ4v) is 5.35. The zero-order valence-electron chi connectivity index (χ0n) is 16.0. The largest absolute Gasteiger partial charge is 0.483 e. The van der Waals surface area contributed by atoms with Gasteiger partial charge >= 0.3 is 0 Å². The Morgan fingerprint density at radius 1 is 1.17 bits per heavy atom. The number of Topliss-reactive ketones (excluding diaryl/α,β-unsaturated/α-hetero) is 1. The van der Waals surface area contributed by atoms with Crippen molar-refractivity contribution in [1.29, 1.82) is 0 Å². The van der Waals surface area contributed by atoms with Crippen molar-refractivity contribution < 1.29 is 14.7 Å². The van der Waals surface area contributed by atoms with E-state index in [-0.39, 0.29) is 12.3 Å². The molecule has 5 heterocycles. The standard InChI is InChI=1S/C21H21N3OS.CH2O2/c25-19(11-17-13-24-9-5-15(17)6-10-24)21-18-2-1-16(12-20(18)26-23-21)14-3-7-22-8-4-14;2-1-3/h1-4,7-8,12,15,17H,5-6,9-11,13H2;1H,(H,2,3)/t17-;/m1./s1. The van der Waals surface area contributed by atoms with Gasteiger partial charge in [0, 0.05) is 30.7 Å². The molecule has 0 amide bonds. The molecule has 6 rings (SSSR count). The van der Waals surface area contributed by atoms with Gasteiger partial charge in [-0.1, -0.05) is 12.1 Å². The Hall–Kier alpha value is -2.64. The summed E-state index contributed by atoms with van der Waals surface area (Å²) in [4.78, 5) is 27.9. The number of fused-ring (bicyclic) bond motifs is 4. The summed E-state index contributed by atoms with van der Waals surface area (Å²) in [5.74, 6) is 1.46. The number of carbonyl (C=O) groups is 2. The van der Waals surface area contributed by atoms with Gasteiger partial charge in [0.25, 0.3) is 6.47 Å². The van der Waals surface area contributed by atoms with Crippen LogP contribution in [0, 0.1) is 11.8 Å². The lowest BCUT2D eigenvalue weighted by atomic mass is 9.76. The first-order valence-corrected chi connectivity index (χ1v) is 10.6. The van der Waals surface area contributed by atoms with E-state index in [1.54, 1.807) is 12.4 Å². The molecule has 3 fully saturated rings. The topological polar surface area (TPSA) is 83.4 Å². The number of piperidine rings is 3. The van der Waals surface area contributed by atoms with Gasteiger partial charge in [0.2, 0.25) is 0 Å². The van der Waals surface area contributed by atoms with E-state index in [1.165, 1.54) is 37.5 Å². The zero-order chi connectivity index (χ0) is 20.2. The lowest BCUT2D eigenvalue weighted by Crippen LogP contribution is -2.47. The van der Waals surface area contributed by atoms with Crippen LogP contribution in [0.3, 0.4) is 0 Å². The predicted molar refractivity (Wildman–Crippen MR) is 113 cm³/mol. The van der Waals surface area contributed by atoms with Gasteiger partial charge < -0.3 is 10.0 Å². The number of nitrogens with zero attached hydrogens (tertiary/aromatic N) is 3. The smallest absolute Gasteiger partial charge is 0.290 e. The highest BCUT2D eigenvalue weighted by atomic mass is 32.1. The Balaban J connectivity index is 0.000000645. The normalized spacial score (nSPS) is 22.7. The minimum Gasteiger partial charge on any atom is -0.483 e. The second-order valence-electron chi connectivity index (χ2n) is 7.61. The Kier molecular flexibility index (Phi) is 5.97. The fourth-order valence-electron chi connectivity index (χ4n) is 4.52. The number of aromatic nitrogens is 2. The quantitative estimate of drug-likeness (QED) is 0.518. The molecular weight excluding hydrogens is 386 g/mol. The molecule has 29 heavy (non-hydrogen) atoms. The summed E-state index contributed by atoms with van der Waals surface area (Å²) in [5.41, 5.74) is 2.94. The third-order valence-electron chi connectivity index (χ3n) is 5.99. The molecule has 0 unspecified atom stereocenters. The number of hydrogen-bond donors (Lipinski definition) is 1. The van der Waals surface area contributed by atoms with Crippen LogP contribution in [0.15, 0.2) is 42.7 Å². The van der Waals surface area contributed by atoms with Gasteiger partial charge in [-0.3, -0.25) is 14.6 Å². The minimum atomic E-state index is -0.250. The van der Waals surface area contributed by atoms with Gasteiger partial charge in [-0.15, -0.1) is 0 Å². The summed E-state index contributed by atoms with van der Waals surface area (Å²) < 4.78 is 5.60. The van der Waals surface area contributed by atoms with E-state index in [1.807, 2.05) is 12.1 Å². The number of pyridine rings is 1.